The Hall–Kier alpha value is -1.56. The molecule has 0 radical (unpaired) electrons. The molecule has 3 aliphatic heterocycles. The number of hydroxylamine groups is 2. The van der Waals surface area contributed by atoms with Gasteiger partial charge in [0.15, 0.2) is 0 Å². The summed E-state index contributed by atoms with van der Waals surface area (Å²) in [5, 5.41) is 5.13. The summed E-state index contributed by atoms with van der Waals surface area (Å²) >= 11 is 0. The number of aliphatic imine (C=N–C) groups is 1. The van der Waals surface area contributed by atoms with Gasteiger partial charge in [-0.05, 0) is 24.7 Å². The van der Waals surface area contributed by atoms with Crippen LogP contribution in [0.2, 0.25) is 0 Å². The molecule has 0 spiro atoms. The summed E-state index contributed by atoms with van der Waals surface area (Å²) < 4.78 is 0. The highest BCUT2D eigenvalue weighted by atomic mass is 16.7. The summed E-state index contributed by atoms with van der Waals surface area (Å²) in [7, 11) is 0. The monoisotopic (exact) mass is 360 g/mol. The first-order valence-corrected chi connectivity index (χ1v) is 10.4. The Kier molecular flexibility index (Phi) is 5.48. The second-order valence-electron chi connectivity index (χ2n) is 8.08. The van der Waals surface area contributed by atoms with Gasteiger partial charge in [-0.1, -0.05) is 44.6 Å². The first-order valence-electron chi connectivity index (χ1n) is 10.4. The van der Waals surface area contributed by atoms with Crippen molar-refractivity contribution in [1.29, 1.82) is 0 Å². The second kappa shape index (κ2) is 7.99. The zero-order valence-corrected chi connectivity index (χ0v) is 15.7. The van der Waals surface area contributed by atoms with Crippen molar-refractivity contribution in [2.45, 2.75) is 63.5 Å². The van der Waals surface area contributed by atoms with Crippen LogP contribution in [0.3, 0.4) is 0 Å². The second-order valence-corrected chi connectivity index (χ2v) is 8.08. The van der Waals surface area contributed by atoms with E-state index >= 15 is 0 Å². The lowest BCUT2D eigenvalue weighted by Crippen LogP contribution is -2.57. The number of carbonyl (C=O) groups excluding carboxylic acids is 1. The minimum absolute atomic E-state index is 0.0145. The molecule has 6 heteroatoms. The summed E-state index contributed by atoms with van der Waals surface area (Å²) in [5.74, 6) is 2.02. The van der Waals surface area contributed by atoms with E-state index in [9.17, 15) is 4.79 Å². The minimum atomic E-state index is 0.0145. The van der Waals surface area contributed by atoms with Gasteiger partial charge in [0.05, 0.1) is 25.2 Å². The summed E-state index contributed by atoms with van der Waals surface area (Å²) in [4.78, 5) is 25.7. The van der Waals surface area contributed by atoms with Crippen LogP contribution in [0.5, 0.6) is 0 Å². The number of piperidine rings is 1. The Bertz CT molecular complexity index is 564. The van der Waals surface area contributed by atoms with Crippen LogP contribution in [0.25, 0.3) is 0 Å². The third-order valence-electron chi connectivity index (χ3n) is 6.54. The smallest absolute Gasteiger partial charge is 0.344 e. The van der Waals surface area contributed by atoms with Crippen LogP contribution in [0, 0.1) is 11.8 Å². The first-order chi connectivity index (χ1) is 12.8. The van der Waals surface area contributed by atoms with Crippen molar-refractivity contribution >= 4 is 11.9 Å². The molecular weight excluding hydrogens is 328 g/mol. The maximum absolute atomic E-state index is 13.1. The molecule has 1 N–H and O–H groups in total. The van der Waals surface area contributed by atoms with E-state index in [1.165, 1.54) is 51.4 Å². The van der Waals surface area contributed by atoms with Crippen LogP contribution >= 0.6 is 0 Å². The lowest BCUT2D eigenvalue weighted by Gasteiger charge is -2.44. The van der Waals surface area contributed by atoms with Gasteiger partial charge in [-0.25, -0.2) is 4.79 Å². The minimum Gasteiger partial charge on any atom is -0.370 e. The van der Waals surface area contributed by atoms with Gasteiger partial charge in [0, 0.05) is 13.1 Å². The Labute approximate surface area is 156 Å². The van der Waals surface area contributed by atoms with Crippen molar-refractivity contribution in [2.75, 3.05) is 26.2 Å². The molecule has 4 aliphatic rings. The lowest BCUT2D eigenvalue weighted by atomic mass is 9.72. The molecule has 0 aromatic heterocycles. The fourth-order valence-corrected chi connectivity index (χ4v) is 5.41. The van der Waals surface area contributed by atoms with E-state index in [0.29, 0.717) is 18.4 Å². The number of amidine groups is 1. The molecule has 0 aromatic rings. The predicted molar refractivity (Wildman–Crippen MR) is 102 cm³/mol. The van der Waals surface area contributed by atoms with Crippen LogP contribution in [0.1, 0.15) is 51.4 Å². The summed E-state index contributed by atoms with van der Waals surface area (Å²) in [6, 6.07) is 0.286. The SMILES string of the molecule is C=CCON1C(=O)N2C[C@H]1C1CCCCCCCCC1[C@H]2C1=NCCN1. The highest BCUT2D eigenvalue weighted by Gasteiger charge is 2.56. The van der Waals surface area contributed by atoms with Crippen LogP contribution in [-0.4, -0.2) is 60.2 Å². The van der Waals surface area contributed by atoms with Crippen molar-refractivity contribution < 1.29 is 9.63 Å². The van der Waals surface area contributed by atoms with E-state index in [2.05, 4.69) is 11.9 Å². The van der Waals surface area contributed by atoms with E-state index in [-0.39, 0.29) is 18.1 Å². The van der Waals surface area contributed by atoms with Gasteiger partial charge in [0.1, 0.15) is 5.84 Å². The highest BCUT2D eigenvalue weighted by molar-refractivity contribution is 5.93. The molecule has 1 aliphatic carbocycles. The van der Waals surface area contributed by atoms with E-state index in [1.807, 2.05) is 4.90 Å². The van der Waals surface area contributed by atoms with E-state index < -0.39 is 0 Å². The zero-order valence-electron chi connectivity index (χ0n) is 15.7. The molecule has 0 aromatic carbocycles. The largest absolute Gasteiger partial charge is 0.370 e. The van der Waals surface area contributed by atoms with Gasteiger partial charge in [-0.3, -0.25) is 9.83 Å². The summed E-state index contributed by atoms with van der Waals surface area (Å²) in [6.45, 7) is 6.61. The fourth-order valence-electron chi connectivity index (χ4n) is 5.41. The third kappa shape index (κ3) is 3.24. The Morgan fingerprint density at radius 1 is 1.15 bits per heavy atom. The van der Waals surface area contributed by atoms with E-state index in [1.54, 1.807) is 11.1 Å². The number of nitrogens with one attached hydrogen (secondary N) is 1. The predicted octanol–water partition coefficient (Wildman–Crippen LogP) is 2.96. The Morgan fingerprint density at radius 3 is 2.58 bits per heavy atom. The van der Waals surface area contributed by atoms with Crippen LogP contribution in [0.15, 0.2) is 17.6 Å². The number of carbonyl (C=O) groups is 1. The van der Waals surface area contributed by atoms with Gasteiger partial charge >= 0.3 is 6.03 Å². The van der Waals surface area contributed by atoms with Crippen molar-refractivity contribution in [3.05, 3.63) is 12.7 Å². The molecule has 2 amide bonds. The maximum atomic E-state index is 13.1. The lowest BCUT2D eigenvalue weighted by molar-refractivity contribution is -0.133. The molecular formula is C20H32N4O2. The topological polar surface area (TPSA) is 57.2 Å². The summed E-state index contributed by atoms with van der Waals surface area (Å²) in [6.07, 6.45) is 11.9. The van der Waals surface area contributed by atoms with Gasteiger partial charge in [0.25, 0.3) is 0 Å². The standard InChI is InChI=1S/C20H32N4O2/c1-2-13-26-24-17-14-23(20(24)25)18(19-21-11-12-22-19)16-10-8-6-4-3-5-7-9-15(16)17/h2,15-18H,1,3-14H2,(H,21,22)/t15?,16?,17-,18-/m0/s1. The molecule has 3 fully saturated rings. The first kappa shape index (κ1) is 17.8. The Balaban J connectivity index is 1.65. The molecule has 6 nitrogen and oxygen atoms in total. The fraction of sp³-hybridized carbons (Fsp3) is 0.800. The average Bonchev–Trinajstić information content (AvgIpc) is 3.27. The van der Waals surface area contributed by atoms with Crippen molar-refractivity contribution in [2.24, 2.45) is 16.8 Å². The molecule has 4 atom stereocenters. The molecule has 1 saturated carbocycles. The summed E-state index contributed by atoms with van der Waals surface area (Å²) in [5.41, 5.74) is 0. The van der Waals surface area contributed by atoms with Crippen molar-refractivity contribution in [3.8, 4) is 0 Å². The number of hydrogen-bond acceptors (Lipinski definition) is 4. The third-order valence-corrected chi connectivity index (χ3v) is 6.54. The number of amides is 2. The normalized spacial score (nSPS) is 34.9. The molecule has 3 heterocycles. The zero-order chi connectivity index (χ0) is 17.9. The van der Waals surface area contributed by atoms with E-state index in [0.717, 1.165) is 25.5 Å². The number of nitrogens with zero attached hydrogens (tertiary/aromatic N) is 3. The molecule has 2 unspecified atom stereocenters. The van der Waals surface area contributed by atoms with Gasteiger partial charge in [-0.2, -0.15) is 5.06 Å². The van der Waals surface area contributed by atoms with Crippen LogP contribution < -0.4 is 5.32 Å². The van der Waals surface area contributed by atoms with Crippen LogP contribution in [-0.2, 0) is 4.84 Å². The number of rotatable bonds is 4. The maximum Gasteiger partial charge on any atom is 0.344 e. The quantitative estimate of drug-likeness (QED) is 0.784. The highest BCUT2D eigenvalue weighted by Crippen LogP contribution is 2.44. The van der Waals surface area contributed by atoms with Crippen molar-refractivity contribution in [1.82, 2.24) is 15.3 Å². The van der Waals surface area contributed by atoms with Crippen molar-refractivity contribution in [3.63, 3.8) is 0 Å². The molecule has 26 heavy (non-hydrogen) atoms. The molecule has 2 bridgehead atoms. The average molecular weight is 361 g/mol. The molecule has 4 rings (SSSR count). The number of fused-ring (bicyclic) bond motifs is 4. The Morgan fingerprint density at radius 2 is 1.88 bits per heavy atom. The van der Waals surface area contributed by atoms with E-state index in [4.69, 9.17) is 9.83 Å². The number of urea groups is 1. The van der Waals surface area contributed by atoms with Gasteiger partial charge in [-0.15, -0.1) is 6.58 Å². The molecule has 2 saturated heterocycles. The van der Waals surface area contributed by atoms with Gasteiger partial charge in [0.2, 0.25) is 0 Å². The van der Waals surface area contributed by atoms with Crippen LogP contribution in [0.4, 0.5) is 4.79 Å². The molecule has 144 valence electrons. The van der Waals surface area contributed by atoms with Gasteiger partial charge < -0.3 is 10.2 Å². The number of hydrogen-bond donors (Lipinski definition) is 1.